The van der Waals surface area contributed by atoms with E-state index in [-0.39, 0.29) is 5.82 Å². The number of aromatic nitrogens is 1. The molecule has 3 nitrogen and oxygen atoms in total. The summed E-state index contributed by atoms with van der Waals surface area (Å²) in [7, 11) is 1.99. The fraction of sp³-hybridized carbons (Fsp3) is 0.353. The third-order valence-corrected chi connectivity index (χ3v) is 3.25. The van der Waals surface area contributed by atoms with Gasteiger partial charge in [0.1, 0.15) is 11.6 Å². The van der Waals surface area contributed by atoms with Crippen LogP contribution in [0.4, 0.5) is 10.2 Å². The summed E-state index contributed by atoms with van der Waals surface area (Å²) in [4.78, 5) is 6.71. The number of benzene rings is 1. The molecule has 0 aliphatic heterocycles. The summed E-state index contributed by atoms with van der Waals surface area (Å²) in [5.74, 6) is 0.721. The van der Waals surface area contributed by atoms with Gasteiger partial charge in [-0.15, -0.1) is 0 Å². The third kappa shape index (κ3) is 4.83. The van der Waals surface area contributed by atoms with Crippen LogP contribution in [-0.2, 0) is 13.1 Å². The van der Waals surface area contributed by atoms with E-state index in [1.807, 2.05) is 25.2 Å². The third-order valence-electron chi connectivity index (χ3n) is 3.25. The normalized spacial score (nSPS) is 10.6. The fourth-order valence-corrected chi connectivity index (χ4v) is 2.12. The summed E-state index contributed by atoms with van der Waals surface area (Å²) in [6, 6.07) is 12.6. The Bertz CT molecular complexity index is 554. The second kappa shape index (κ2) is 7.74. The Hall–Kier alpha value is -1.94. The number of halogens is 1. The van der Waals surface area contributed by atoms with E-state index in [4.69, 9.17) is 0 Å². The molecule has 0 spiro atoms. The molecule has 0 radical (unpaired) electrons. The van der Waals surface area contributed by atoms with Gasteiger partial charge in [-0.25, -0.2) is 9.37 Å². The molecule has 2 aromatic rings. The molecule has 112 valence electrons. The van der Waals surface area contributed by atoms with Crippen molar-refractivity contribution in [2.24, 2.45) is 0 Å². The maximum Gasteiger partial charge on any atom is 0.128 e. The lowest BCUT2D eigenvalue weighted by Crippen LogP contribution is -2.19. The maximum atomic E-state index is 12.9. The van der Waals surface area contributed by atoms with Crippen molar-refractivity contribution in [3.05, 3.63) is 59.5 Å². The highest BCUT2D eigenvalue weighted by molar-refractivity contribution is 5.39. The van der Waals surface area contributed by atoms with Crippen molar-refractivity contribution in [3.8, 4) is 0 Å². The van der Waals surface area contributed by atoms with Crippen molar-refractivity contribution >= 4 is 5.82 Å². The van der Waals surface area contributed by atoms with Crippen molar-refractivity contribution in [2.45, 2.75) is 26.4 Å². The number of nitrogens with zero attached hydrogens (tertiary/aromatic N) is 2. The smallest absolute Gasteiger partial charge is 0.128 e. The Morgan fingerprint density at radius 1 is 1.14 bits per heavy atom. The zero-order valence-electron chi connectivity index (χ0n) is 12.6. The Morgan fingerprint density at radius 2 is 1.90 bits per heavy atom. The number of rotatable bonds is 7. The zero-order valence-corrected chi connectivity index (χ0v) is 12.6. The molecular formula is C17H22FN3. The van der Waals surface area contributed by atoms with Crippen LogP contribution in [0, 0.1) is 5.82 Å². The van der Waals surface area contributed by atoms with Crippen LogP contribution in [0.15, 0.2) is 42.5 Å². The average molecular weight is 287 g/mol. The quantitative estimate of drug-likeness (QED) is 0.792. The van der Waals surface area contributed by atoms with Crippen LogP contribution >= 0.6 is 0 Å². The van der Waals surface area contributed by atoms with Crippen LogP contribution in [-0.4, -0.2) is 18.6 Å². The van der Waals surface area contributed by atoms with E-state index in [1.54, 1.807) is 12.1 Å². The highest BCUT2D eigenvalue weighted by Crippen LogP contribution is 2.14. The van der Waals surface area contributed by atoms with Crippen LogP contribution in [0.1, 0.15) is 24.6 Å². The first kappa shape index (κ1) is 15.4. The summed E-state index contributed by atoms with van der Waals surface area (Å²) < 4.78 is 12.9. The monoisotopic (exact) mass is 287 g/mol. The number of pyridine rings is 1. The summed E-state index contributed by atoms with van der Waals surface area (Å²) in [6.07, 6.45) is 1.12. The van der Waals surface area contributed by atoms with Crippen LogP contribution in [0.25, 0.3) is 0 Å². The molecule has 0 amide bonds. The second-order valence-electron chi connectivity index (χ2n) is 5.15. The molecule has 2 rings (SSSR count). The molecule has 21 heavy (non-hydrogen) atoms. The molecule has 0 saturated heterocycles. The molecule has 0 fully saturated rings. The lowest BCUT2D eigenvalue weighted by Gasteiger charge is -2.19. The van der Waals surface area contributed by atoms with Crippen molar-refractivity contribution in [3.63, 3.8) is 0 Å². The van der Waals surface area contributed by atoms with Gasteiger partial charge >= 0.3 is 0 Å². The lowest BCUT2D eigenvalue weighted by atomic mass is 10.2. The predicted molar refractivity (Wildman–Crippen MR) is 84.7 cm³/mol. The van der Waals surface area contributed by atoms with Gasteiger partial charge in [-0.05, 0) is 42.8 Å². The van der Waals surface area contributed by atoms with E-state index in [0.717, 1.165) is 36.6 Å². The molecule has 1 aromatic heterocycles. The lowest BCUT2D eigenvalue weighted by molar-refractivity contribution is 0.627. The van der Waals surface area contributed by atoms with Gasteiger partial charge in [0.25, 0.3) is 0 Å². The van der Waals surface area contributed by atoms with Gasteiger partial charge in [0.2, 0.25) is 0 Å². The summed E-state index contributed by atoms with van der Waals surface area (Å²) in [5, 5.41) is 3.35. The highest BCUT2D eigenvalue weighted by Gasteiger charge is 2.05. The van der Waals surface area contributed by atoms with Crippen LogP contribution in [0.5, 0.6) is 0 Å². The first-order chi connectivity index (χ1) is 10.2. The Labute approximate surface area is 125 Å². The van der Waals surface area contributed by atoms with Gasteiger partial charge in [-0.2, -0.15) is 0 Å². The number of anilines is 1. The SMILES string of the molecule is CCCNCc1cccc(N(C)Cc2ccc(F)cc2)n1. The van der Waals surface area contributed by atoms with E-state index < -0.39 is 0 Å². The molecule has 0 unspecified atom stereocenters. The first-order valence-electron chi connectivity index (χ1n) is 7.31. The van der Waals surface area contributed by atoms with Crippen molar-refractivity contribution in [1.82, 2.24) is 10.3 Å². The molecule has 0 saturated carbocycles. The minimum atomic E-state index is -0.205. The molecular weight excluding hydrogens is 265 g/mol. The summed E-state index contributed by atoms with van der Waals surface area (Å²) >= 11 is 0. The van der Waals surface area contributed by atoms with Crippen molar-refractivity contribution in [1.29, 1.82) is 0 Å². The molecule has 0 aliphatic rings. The molecule has 0 bridgehead atoms. The second-order valence-corrected chi connectivity index (χ2v) is 5.15. The van der Waals surface area contributed by atoms with Crippen molar-refractivity contribution in [2.75, 3.05) is 18.5 Å². The van der Waals surface area contributed by atoms with E-state index in [9.17, 15) is 4.39 Å². The Kier molecular flexibility index (Phi) is 5.69. The average Bonchev–Trinajstić information content (AvgIpc) is 2.50. The van der Waals surface area contributed by atoms with E-state index in [0.29, 0.717) is 6.54 Å². The highest BCUT2D eigenvalue weighted by atomic mass is 19.1. The van der Waals surface area contributed by atoms with Crippen LogP contribution in [0.3, 0.4) is 0 Å². The van der Waals surface area contributed by atoms with Gasteiger partial charge < -0.3 is 10.2 Å². The van der Waals surface area contributed by atoms with Crippen molar-refractivity contribution < 1.29 is 4.39 Å². The van der Waals surface area contributed by atoms with E-state index in [2.05, 4.69) is 22.1 Å². The zero-order chi connectivity index (χ0) is 15.1. The van der Waals surface area contributed by atoms with Gasteiger partial charge in [0, 0.05) is 20.1 Å². The minimum absolute atomic E-state index is 0.205. The molecule has 0 aliphatic carbocycles. The molecule has 0 atom stereocenters. The topological polar surface area (TPSA) is 28.2 Å². The predicted octanol–water partition coefficient (Wildman–Crippen LogP) is 3.36. The summed E-state index contributed by atoms with van der Waals surface area (Å²) in [6.45, 7) is 4.63. The summed E-state index contributed by atoms with van der Waals surface area (Å²) in [5.41, 5.74) is 2.10. The number of nitrogens with one attached hydrogen (secondary N) is 1. The van der Waals surface area contributed by atoms with E-state index >= 15 is 0 Å². The molecule has 4 heteroatoms. The maximum absolute atomic E-state index is 12.9. The standard InChI is InChI=1S/C17H22FN3/c1-3-11-19-12-16-5-4-6-17(20-16)21(2)13-14-7-9-15(18)10-8-14/h4-10,19H,3,11-13H2,1-2H3. The van der Waals surface area contributed by atoms with Gasteiger partial charge in [-0.3, -0.25) is 0 Å². The van der Waals surface area contributed by atoms with Gasteiger partial charge in [-0.1, -0.05) is 25.1 Å². The van der Waals surface area contributed by atoms with Crippen LogP contribution < -0.4 is 10.2 Å². The van der Waals surface area contributed by atoms with Gasteiger partial charge in [0.15, 0.2) is 0 Å². The number of hydrogen-bond donors (Lipinski definition) is 1. The first-order valence-corrected chi connectivity index (χ1v) is 7.31. The molecule has 1 heterocycles. The fourth-order valence-electron chi connectivity index (χ4n) is 2.12. The van der Waals surface area contributed by atoms with Crippen LogP contribution in [0.2, 0.25) is 0 Å². The largest absolute Gasteiger partial charge is 0.355 e. The minimum Gasteiger partial charge on any atom is -0.355 e. The van der Waals surface area contributed by atoms with E-state index in [1.165, 1.54) is 12.1 Å². The molecule has 1 aromatic carbocycles. The number of hydrogen-bond acceptors (Lipinski definition) is 3. The molecule has 1 N–H and O–H groups in total. The Balaban J connectivity index is 1.99. The Morgan fingerprint density at radius 3 is 2.62 bits per heavy atom. The van der Waals surface area contributed by atoms with Gasteiger partial charge in [0.05, 0.1) is 5.69 Å².